The molecule has 6 nitrogen and oxygen atoms in total. The summed E-state index contributed by atoms with van der Waals surface area (Å²) in [6, 6.07) is 8.25. The maximum atomic E-state index is 13.0. The first-order valence-electron chi connectivity index (χ1n) is 7.63. The SMILES string of the molecule is COc1ccc(N(C(=O)c2ccoc2C)[C@@H]2CCS(=O)(=O)C2)cc1. The fraction of sp³-hybridized carbons (Fsp3) is 0.353. The predicted octanol–water partition coefficient (Wildman–Crippen LogP) is 2.43. The number of methoxy groups -OCH3 is 1. The molecule has 1 amide bonds. The molecule has 1 aromatic carbocycles. The number of rotatable bonds is 4. The van der Waals surface area contributed by atoms with Gasteiger partial charge in [0, 0.05) is 5.69 Å². The zero-order valence-corrected chi connectivity index (χ0v) is 14.4. The van der Waals surface area contributed by atoms with Crippen LogP contribution in [0, 0.1) is 6.92 Å². The summed E-state index contributed by atoms with van der Waals surface area (Å²) in [6.45, 7) is 1.71. The third kappa shape index (κ3) is 3.17. The van der Waals surface area contributed by atoms with E-state index in [0.717, 1.165) is 0 Å². The van der Waals surface area contributed by atoms with Crippen molar-refractivity contribution in [3.05, 3.63) is 47.9 Å². The van der Waals surface area contributed by atoms with Crippen molar-refractivity contribution in [3.8, 4) is 5.75 Å². The van der Waals surface area contributed by atoms with Crippen LogP contribution in [0.15, 0.2) is 41.0 Å². The lowest BCUT2D eigenvalue weighted by Crippen LogP contribution is -2.41. The summed E-state index contributed by atoms with van der Waals surface area (Å²) in [7, 11) is -1.55. The number of ether oxygens (including phenoxy) is 1. The number of benzene rings is 1. The van der Waals surface area contributed by atoms with Crippen LogP contribution in [0.2, 0.25) is 0 Å². The summed E-state index contributed by atoms with van der Waals surface area (Å²) in [6.07, 6.45) is 1.89. The summed E-state index contributed by atoms with van der Waals surface area (Å²) in [5, 5.41) is 0. The average molecular weight is 349 g/mol. The molecule has 128 valence electrons. The lowest BCUT2D eigenvalue weighted by Gasteiger charge is -2.28. The monoisotopic (exact) mass is 349 g/mol. The van der Waals surface area contributed by atoms with Crippen LogP contribution < -0.4 is 9.64 Å². The van der Waals surface area contributed by atoms with Crippen LogP contribution in [0.5, 0.6) is 5.75 Å². The zero-order chi connectivity index (χ0) is 17.3. The maximum Gasteiger partial charge on any atom is 0.262 e. The van der Waals surface area contributed by atoms with Crippen LogP contribution >= 0.6 is 0 Å². The maximum absolute atomic E-state index is 13.0. The van der Waals surface area contributed by atoms with Crippen molar-refractivity contribution in [2.24, 2.45) is 0 Å². The summed E-state index contributed by atoms with van der Waals surface area (Å²) < 4.78 is 34.1. The molecule has 1 aliphatic rings. The third-order valence-corrected chi connectivity index (χ3v) is 5.98. The van der Waals surface area contributed by atoms with Crippen molar-refractivity contribution in [3.63, 3.8) is 0 Å². The highest BCUT2D eigenvalue weighted by Gasteiger charge is 2.36. The Morgan fingerprint density at radius 1 is 1.25 bits per heavy atom. The number of nitrogens with zero attached hydrogens (tertiary/aromatic N) is 1. The second-order valence-corrected chi connectivity index (χ2v) is 8.05. The molecule has 2 aromatic rings. The molecule has 0 N–H and O–H groups in total. The highest BCUT2D eigenvalue weighted by atomic mass is 32.2. The minimum absolute atomic E-state index is 0.0261. The van der Waals surface area contributed by atoms with Crippen LogP contribution in [0.4, 0.5) is 5.69 Å². The molecule has 0 bridgehead atoms. The second kappa shape index (κ2) is 6.32. The Morgan fingerprint density at radius 3 is 2.46 bits per heavy atom. The van der Waals surface area contributed by atoms with Gasteiger partial charge in [-0.3, -0.25) is 4.79 Å². The Labute approximate surface area is 140 Å². The Bertz CT molecular complexity index is 838. The quantitative estimate of drug-likeness (QED) is 0.847. The minimum atomic E-state index is -3.12. The lowest BCUT2D eigenvalue weighted by molar-refractivity contribution is 0.0977. The van der Waals surface area contributed by atoms with E-state index in [4.69, 9.17) is 9.15 Å². The molecule has 0 unspecified atom stereocenters. The number of anilines is 1. The van der Waals surface area contributed by atoms with Gasteiger partial charge in [-0.25, -0.2) is 8.42 Å². The summed E-state index contributed by atoms with van der Waals surface area (Å²) >= 11 is 0. The minimum Gasteiger partial charge on any atom is -0.497 e. The second-order valence-electron chi connectivity index (χ2n) is 5.82. The fourth-order valence-corrected chi connectivity index (χ4v) is 4.65. The number of carbonyl (C=O) groups is 1. The van der Waals surface area contributed by atoms with Gasteiger partial charge in [-0.15, -0.1) is 0 Å². The van der Waals surface area contributed by atoms with Crippen molar-refractivity contribution in [1.29, 1.82) is 0 Å². The summed E-state index contributed by atoms with van der Waals surface area (Å²) in [5.41, 5.74) is 1.08. The predicted molar refractivity (Wildman–Crippen MR) is 90.3 cm³/mol. The van der Waals surface area contributed by atoms with E-state index in [9.17, 15) is 13.2 Å². The normalized spacial score (nSPS) is 19.2. The van der Waals surface area contributed by atoms with Crippen LogP contribution in [0.25, 0.3) is 0 Å². The van der Waals surface area contributed by atoms with E-state index in [1.165, 1.54) is 6.26 Å². The van der Waals surface area contributed by atoms with Gasteiger partial charge in [-0.2, -0.15) is 0 Å². The van der Waals surface area contributed by atoms with Crippen molar-refractivity contribution in [1.82, 2.24) is 0 Å². The summed E-state index contributed by atoms with van der Waals surface area (Å²) in [5.74, 6) is 1.00. The molecule has 1 aromatic heterocycles. The van der Waals surface area contributed by atoms with Gasteiger partial charge >= 0.3 is 0 Å². The fourth-order valence-electron chi connectivity index (χ4n) is 2.95. The molecular weight excluding hydrogens is 330 g/mol. The Hall–Kier alpha value is -2.28. The van der Waals surface area contributed by atoms with Crippen molar-refractivity contribution in [2.75, 3.05) is 23.5 Å². The Morgan fingerprint density at radius 2 is 1.96 bits per heavy atom. The zero-order valence-electron chi connectivity index (χ0n) is 13.6. The molecule has 24 heavy (non-hydrogen) atoms. The van der Waals surface area contributed by atoms with E-state index in [1.54, 1.807) is 49.3 Å². The van der Waals surface area contributed by atoms with E-state index in [2.05, 4.69) is 0 Å². The number of hydrogen-bond acceptors (Lipinski definition) is 5. The number of aryl methyl sites for hydroxylation is 1. The van der Waals surface area contributed by atoms with E-state index >= 15 is 0 Å². The van der Waals surface area contributed by atoms with Gasteiger partial charge < -0.3 is 14.1 Å². The highest BCUT2D eigenvalue weighted by molar-refractivity contribution is 7.91. The first kappa shape index (κ1) is 16.6. The van der Waals surface area contributed by atoms with Crippen LogP contribution in [-0.4, -0.2) is 39.0 Å². The molecule has 0 saturated carbocycles. The van der Waals surface area contributed by atoms with Gasteiger partial charge in [-0.1, -0.05) is 0 Å². The number of hydrogen-bond donors (Lipinski definition) is 0. The van der Waals surface area contributed by atoms with Crippen molar-refractivity contribution in [2.45, 2.75) is 19.4 Å². The number of furan rings is 1. The van der Waals surface area contributed by atoms with E-state index in [-0.39, 0.29) is 23.5 Å². The van der Waals surface area contributed by atoms with Crippen LogP contribution in [-0.2, 0) is 9.84 Å². The van der Waals surface area contributed by atoms with Gasteiger partial charge in [0.25, 0.3) is 5.91 Å². The Kier molecular flexibility index (Phi) is 4.36. The molecule has 2 heterocycles. The largest absolute Gasteiger partial charge is 0.497 e. The molecule has 3 rings (SSSR count). The molecule has 1 saturated heterocycles. The van der Waals surface area contributed by atoms with Gasteiger partial charge in [0.15, 0.2) is 9.84 Å². The lowest BCUT2D eigenvalue weighted by atomic mass is 10.1. The molecule has 0 aliphatic carbocycles. The van der Waals surface area contributed by atoms with Gasteiger partial charge in [0.05, 0.1) is 36.5 Å². The van der Waals surface area contributed by atoms with Gasteiger partial charge in [-0.05, 0) is 43.7 Å². The Balaban J connectivity index is 2.00. The smallest absolute Gasteiger partial charge is 0.262 e. The molecule has 1 atom stereocenters. The van der Waals surface area contributed by atoms with Crippen LogP contribution in [0.1, 0.15) is 22.5 Å². The van der Waals surface area contributed by atoms with Crippen LogP contribution in [0.3, 0.4) is 0 Å². The summed E-state index contributed by atoms with van der Waals surface area (Å²) in [4.78, 5) is 14.6. The standard InChI is InChI=1S/C17H19NO5S/c1-12-16(7-9-23-12)17(19)18(14-8-10-24(20,21)11-14)13-3-5-15(22-2)6-4-13/h3-7,9,14H,8,10-11H2,1-2H3/t14-/m1/s1. The van der Waals surface area contributed by atoms with Gasteiger partial charge in [0.2, 0.25) is 0 Å². The molecule has 0 radical (unpaired) electrons. The molecular formula is C17H19NO5S. The third-order valence-electron chi connectivity index (χ3n) is 4.23. The molecule has 7 heteroatoms. The van der Waals surface area contributed by atoms with E-state index in [1.807, 2.05) is 0 Å². The molecule has 1 fully saturated rings. The van der Waals surface area contributed by atoms with Crippen molar-refractivity contribution < 1.29 is 22.4 Å². The topological polar surface area (TPSA) is 76.8 Å². The number of amides is 1. The first-order chi connectivity index (χ1) is 11.4. The van der Waals surface area contributed by atoms with Gasteiger partial charge in [0.1, 0.15) is 11.5 Å². The number of sulfone groups is 1. The molecule has 0 spiro atoms. The first-order valence-corrected chi connectivity index (χ1v) is 9.45. The van der Waals surface area contributed by atoms with Crippen molar-refractivity contribution >= 4 is 21.4 Å². The highest BCUT2D eigenvalue weighted by Crippen LogP contribution is 2.29. The number of carbonyl (C=O) groups excluding carboxylic acids is 1. The van der Waals surface area contributed by atoms with E-state index in [0.29, 0.717) is 29.2 Å². The van der Waals surface area contributed by atoms with E-state index < -0.39 is 9.84 Å². The molecule has 1 aliphatic heterocycles. The average Bonchev–Trinajstić information content (AvgIpc) is 3.13.